The zero-order valence-corrected chi connectivity index (χ0v) is 23.6. The van der Waals surface area contributed by atoms with Crippen LogP contribution in [0.2, 0.25) is 0 Å². The Morgan fingerprint density at radius 2 is 1.41 bits per heavy atom. The molecular formula is C34H41NO4. The normalized spacial score (nSPS) is 20.2. The van der Waals surface area contributed by atoms with E-state index < -0.39 is 12.0 Å². The average Bonchev–Trinajstić information content (AvgIpc) is 3.16. The van der Waals surface area contributed by atoms with Crippen LogP contribution in [0.1, 0.15) is 99.3 Å². The maximum atomic E-state index is 13.6. The smallest absolute Gasteiger partial charge is 0.311 e. The van der Waals surface area contributed by atoms with Crippen molar-refractivity contribution in [1.29, 1.82) is 0 Å². The molecule has 5 rings (SSSR count). The molecule has 1 heterocycles. The molecule has 0 aromatic heterocycles. The van der Waals surface area contributed by atoms with Gasteiger partial charge in [0.1, 0.15) is 0 Å². The van der Waals surface area contributed by atoms with E-state index in [0.29, 0.717) is 36.5 Å². The molecular weight excluding hydrogens is 486 g/mol. The molecule has 1 aliphatic heterocycles. The molecule has 3 aromatic rings. The van der Waals surface area contributed by atoms with Crippen molar-refractivity contribution in [3.63, 3.8) is 0 Å². The van der Waals surface area contributed by atoms with Gasteiger partial charge in [0.25, 0.3) is 11.8 Å². The summed E-state index contributed by atoms with van der Waals surface area (Å²) in [7, 11) is 0. The van der Waals surface area contributed by atoms with Crippen LogP contribution in [0.25, 0.3) is 21.5 Å². The number of benzene rings is 3. The highest BCUT2D eigenvalue weighted by Crippen LogP contribution is 2.37. The molecule has 1 fully saturated rings. The second-order valence-corrected chi connectivity index (χ2v) is 12.1. The largest absolute Gasteiger partial charge is 0.465 e. The lowest BCUT2D eigenvalue weighted by molar-refractivity contribution is -0.151. The Hall–Kier alpha value is -3.21. The molecule has 206 valence electrons. The predicted molar refractivity (Wildman–Crippen MR) is 156 cm³/mol. The van der Waals surface area contributed by atoms with Crippen molar-refractivity contribution in [2.45, 2.75) is 84.6 Å². The number of carbonyl (C=O) groups is 3. The maximum Gasteiger partial charge on any atom is 0.311 e. The summed E-state index contributed by atoms with van der Waals surface area (Å²) in [5.41, 5.74) is 0.874. The Morgan fingerprint density at radius 1 is 0.821 bits per heavy atom. The Kier molecular flexibility index (Phi) is 8.34. The molecule has 0 bridgehead atoms. The highest BCUT2D eigenvalue weighted by Gasteiger charge is 2.46. The third-order valence-corrected chi connectivity index (χ3v) is 8.67. The first kappa shape index (κ1) is 27.4. The topological polar surface area (TPSA) is 63.7 Å². The minimum Gasteiger partial charge on any atom is -0.465 e. The third kappa shape index (κ3) is 5.88. The Labute approximate surface area is 231 Å². The van der Waals surface area contributed by atoms with Gasteiger partial charge in [-0.1, -0.05) is 77.1 Å². The van der Waals surface area contributed by atoms with Gasteiger partial charge in [-0.05, 0) is 83.3 Å². The van der Waals surface area contributed by atoms with Crippen LogP contribution in [-0.2, 0) is 9.53 Å². The highest BCUT2D eigenvalue weighted by atomic mass is 16.5. The van der Waals surface area contributed by atoms with Crippen molar-refractivity contribution in [1.82, 2.24) is 4.90 Å². The van der Waals surface area contributed by atoms with E-state index in [1.807, 2.05) is 36.4 Å². The molecule has 0 unspecified atom stereocenters. The fraction of sp³-hybridized carbons (Fsp3) is 0.500. The number of carbonyl (C=O) groups excluding carboxylic acids is 3. The van der Waals surface area contributed by atoms with E-state index in [1.54, 1.807) is 0 Å². The van der Waals surface area contributed by atoms with Crippen LogP contribution in [0.4, 0.5) is 0 Å². The number of nitrogens with zero attached hydrogens (tertiary/aromatic N) is 1. The number of amides is 2. The number of ether oxygens (including phenoxy) is 1. The van der Waals surface area contributed by atoms with E-state index in [2.05, 4.69) is 32.9 Å². The fourth-order valence-electron chi connectivity index (χ4n) is 6.42. The summed E-state index contributed by atoms with van der Waals surface area (Å²) in [5.74, 6) is 0.0656. The van der Waals surface area contributed by atoms with Gasteiger partial charge in [-0.15, -0.1) is 0 Å². The van der Waals surface area contributed by atoms with E-state index in [4.69, 9.17) is 4.74 Å². The first-order valence-electron chi connectivity index (χ1n) is 14.8. The first-order valence-corrected chi connectivity index (χ1v) is 14.8. The van der Waals surface area contributed by atoms with Crippen LogP contribution in [-0.4, -0.2) is 35.3 Å². The molecule has 3 aromatic carbocycles. The van der Waals surface area contributed by atoms with E-state index in [1.165, 1.54) is 24.2 Å². The van der Waals surface area contributed by atoms with Gasteiger partial charge >= 0.3 is 5.97 Å². The molecule has 1 saturated carbocycles. The lowest BCUT2D eigenvalue weighted by atomic mass is 9.83. The van der Waals surface area contributed by atoms with Crippen LogP contribution >= 0.6 is 0 Å². The van der Waals surface area contributed by atoms with Crippen LogP contribution in [0, 0.1) is 17.8 Å². The lowest BCUT2D eigenvalue weighted by Gasteiger charge is -2.35. The van der Waals surface area contributed by atoms with Crippen LogP contribution < -0.4 is 0 Å². The maximum absolute atomic E-state index is 13.6. The van der Waals surface area contributed by atoms with Crippen molar-refractivity contribution >= 4 is 39.3 Å². The monoisotopic (exact) mass is 527 g/mol. The van der Waals surface area contributed by atoms with Gasteiger partial charge in [-0.25, -0.2) is 0 Å². The fourth-order valence-corrected chi connectivity index (χ4v) is 6.42. The van der Waals surface area contributed by atoms with E-state index in [0.717, 1.165) is 53.1 Å². The standard InChI is InChI=1S/C34H41NO4/c1-22(2)10-8-11-23(3)12-9-17-39-34(38)28-15-6-7-16-31(28)35-32(36)29-20-26-18-24-13-4-5-14-25(24)19-27(26)21-30(29)33(35)37/h4-5,13-14,18-23,28,31H,6-12,15-17H2,1-3H3/t23-,28-,31-/m1/s1. The zero-order chi connectivity index (χ0) is 27.5. The van der Waals surface area contributed by atoms with Gasteiger partial charge in [0, 0.05) is 0 Å². The Bertz CT molecular complexity index is 1300. The van der Waals surface area contributed by atoms with Crippen molar-refractivity contribution in [3.8, 4) is 0 Å². The Balaban J connectivity index is 1.26. The van der Waals surface area contributed by atoms with Crippen molar-refractivity contribution in [2.75, 3.05) is 6.61 Å². The first-order chi connectivity index (χ1) is 18.8. The van der Waals surface area contributed by atoms with Gasteiger partial charge in [0.15, 0.2) is 0 Å². The van der Waals surface area contributed by atoms with Gasteiger partial charge < -0.3 is 4.74 Å². The molecule has 2 aliphatic rings. The molecule has 5 heteroatoms. The van der Waals surface area contributed by atoms with Crippen LogP contribution in [0.15, 0.2) is 48.5 Å². The molecule has 0 spiro atoms. The van der Waals surface area contributed by atoms with Crippen LogP contribution in [0.5, 0.6) is 0 Å². The molecule has 0 N–H and O–H groups in total. The number of fused-ring (bicyclic) bond motifs is 3. The number of esters is 1. The summed E-state index contributed by atoms with van der Waals surface area (Å²) in [5, 5.41) is 4.07. The molecule has 0 saturated heterocycles. The Morgan fingerprint density at radius 3 is 2.03 bits per heavy atom. The number of imide groups is 1. The van der Waals surface area contributed by atoms with E-state index in [9.17, 15) is 14.4 Å². The van der Waals surface area contributed by atoms with Gasteiger partial charge in [0.05, 0.1) is 29.7 Å². The van der Waals surface area contributed by atoms with E-state index in [-0.39, 0.29) is 17.8 Å². The van der Waals surface area contributed by atoms with Crippen molar-refractivity contribution < 1.29 is 19.1 Å². The summed E-state index contributed by atoms with van der Waals surface area (Å²) in [4.78, 5) is 41.8. The third-order valence-electron chi connectivity index (χ3n) is 8.67. The summed E-state index contributed by atoms with van der Waals surface area (Å²) >= 11 is 0. The van der Waals surface area contributed by atoms with Crippen LogP contribution in [0.3, 0.4) is 0 Å². The van der Waals surface area contributed by atoms with Gasteiger partial charge in [-0.2, -0.15) is 0 Å². The number of hydrogen-bond donors (Lipinski definition) is 0. The minimum absolute atomic E-state index is 0.264. The average molecular weight is 528 g/mol. The predicted octanol–water partition coefficient (Wildman–Crippen LogP) is 7.93. The quantitative estimate of drug-likeness (QED) is 0.116. The molecule has 1 aliphatic carbocycles. The lowest BCUT2D eigenvalue weighted by Crippen LogP contribution is -2.48. The van der Waals surface area contributed by atoms with Gasteiger partial charge in [0.2, 0.25) is 0 Å². The second-order valence-electron chi connectivity index (χ2n) is 12.1. The second kappa shape index (κ2) is 11.9. The van der Waals surface area contributed by atoms with Crippen molar-refractivity contribution in [3.05, 3.63) is 59.7 Å². The SMILES string of the molecule is CC(C)CCC[C@@H](C)CCCOC(=O)[C@@H]1CCCC[C@H]1N1C(=O)c2cc3cc4ccccc4cc3cc2C1=O. The molecule has 3 atom stereocenters. The molecule has 2 amide bonds. The summed E-state index contributed by atoms with van der Waals surface area (Å²) in [6.07, 6.45) is 8.69. The number of hydrogen-bond acceptors (Lipinski definition) is 4. The minimum atomic E-state index is -0.457. The van der Waals surface area contributed by atoms with E-state index >= 15 is 0 Å². The number of rotatable bonds is 10. The summed E-state index contributed by atoms with van der Waals surface area (Å²) in [6, 6.07) is 15.5. The molecule has 0 radical (unpaired) electrons. The summed E-state index contributed by atoms with van der Waals surface area (Å²) in [6.45, 7) is 7.19. The molecule has 5 nitrogen and oxygen atoms in total. The zero-order valence-electron chi connectivity index (χ0n) is 23.6. The van der Waals surface area contributed by atoms with Gasteiger partial charge in [-0.3, -0.25) is 19.3 Å². The highest BCUT2D eigenvalue weighted by molar-refractivity contribution is 6.23. The van der Waals surface area contributed by atoms with Crippen molar-refractivity contribution in [2.24, 2.45) is 17.8 Å². The summed E-state index contributed by atoms with van der Waals surface area (Å²) < 4.78 is 5.73. The molecule has 39 heavy (non-hydrogen) atoms.